The molecule has 5 nitrogen and oxygen atoms in total. The Kier molecular flexibility index (Phi) is 3.76. The van der Waals surface area contributed by atoms with E-state index in [1.165, 1.54) is 12.8 Å². The molecule has 122 valence electrons. The van der Waals surface area contributed by atoms with Gasteiger partial charge in [-0.1, -0.05) is 6.07 Å². The molecule has 4 rings (SSSR count). The lowest BCUT2D eigenvalue weighted by Gasteiger charge is -2.16. The van der Waals surface area contributed by atoms with Crippen LogP contribution < -0.4 is 4.90 Å². The lowest BCUT2D eigenvalue weighted by molar-refractivity contribution is 0.915. The number of pyridine rings is 1. The van der Waals surface area contributed by atoms with Gasteiger partial charge in [0.05, 0.1) is 17.1 Å². The standard InChI is InChI=1S/C19H21N5/c1-14-15(2)22-24-13-10-17(21-19(14)24)9-8-16-6-5-7-18(20-16)23-11-3-4-12-23/h5-10,13H,3-4,11-12H2,1-2H3. The van der Waals surface area contributed by atoms with Crippen LogP contribution in [0.4, 0.5) is 5.82 Å². The van der Waals surface area contributed by atoms with Crippen molar-refractivity contribution in [3.63, 3.8) is 0 Å². The predicted octanol–water partition coefficient (Wildman–Crippen LogP) is 3.51. The minimum Gasteiger partial charge on any atom is -0.357 e. The van der Waals surface area contributed by atoms with E-state index in [4.69, 9.17) is 4.98 Å². The third-order valence-electron chi connectivity index (χ3n) is 4.59. The van der Waals surface area contributed by atoms with Crippen LogP contribution in [0.25, 0.3) is 17.8 Å². The van der Waals surface area contributed by atoms with Gasteiger partial charge in [-0.3, -0.25) is 0 Å². The Morgan fingerprint density at radius 3 is 2.50 bits per heavy atom. The van der Waals surface area contributed by atoms with Crippen molar-refractivity contribution < 1.29 is 0 Å². The molecule has 5 heteroatoms. The van der Waals surface area contributed by atoms with E-state index in [0.29, 0.717) is 0 Å². The third kappa shape index (κ3) is 2.77. The molecule has 0 atom stereocenters. The van der Waals surface area contributed by atoms with E-state index >= 15 is 0 Å². The van der Waals surface area contributed by atoms with Crippen molar-refractivity contribution in [2.24, 2.45) is 0 Å². The largest absolute Gasteiger partial charge is 0.357 e. The zero-order valence-corrected chi connectivity index (χ0v) is 14.1. The van der Waals surface area contributed by atoms with E-state index in [-0.39, 0.29) is 0 Å². The van der Waals surface area contributed by atoms with Gasteiger partial charge in [0.15, 0.2) is 5.65 Å². The van der Waals surface area contributed by atoms with Crippen molar-refractivity contribution in [3.05, 3.63) is 53.1 Å². The van der Waals surface area contributed by atoms with Crippen LogP contribution in [0.1, 0.15) is 35.5 Å². The Morgan fingerprint density at radius 1 is 0.958 bits per heavy atom. The Balaban J connectivity index is 1.60. The summed E-state index contributed by atoms with van der Waals surface area (Å²) in [5.74, 6) is 1.07. The van der Waals surface area contributed by atoms with E-state index in [1.54, 1.807) is 0 Å². The van der Waals surface area contributed by atoms with Gasteiger partial charge in [0.1, 0.15) is 5.82 Å². The Labute approximate surface area is 141 Å². The normalized spacial score (nSPS) is 15.0. The smallest absolute Gasteiger partial charge is 0.158 e. The molecule has 0 bridgehead atoms. The molecule has 0 amide bonds. The van der Waals surface area contributed by atoms with Crippen LogP contribution in [0.15, 0.2) is 30.5 Å². The zero-order valence-electron chi connectivity index (χ0n) is 14.1. The molecule has 1 aliphatic rings. The van der Waals surface area contributed by atoms with Gasteiger partial charge in [-0.15, -0.1) is 0 Å². The molecule has 4 heterocycles. The molecule has 0 aliphatic carbocycles. The van der Waals surface area contributed by atoms with Crippen LogP contribution >= 0.6 is 0 Å². The highest BCUT2D eigenvalue weighted by Crippen LogP contribution is 2.19. The number of fused-ring (bicyclic) bond motifs is 1. The monoisotopic (exact) mass is 319 g/mol. The van der Waals surface area contributed by atoms with Gasteiger partial charge in [0.2, 0.25) is 0 Å². The zero-order chi connectivity index (χ0) is 16.5. The van der Waals surface area contributed by atoms with Crippen LogP contribution in [0.3, 0.4) is 0 Å². The maximum absolute atomic E-state index is 4.75. The summed E-state index contributed by atoms with van der Waals surface area (Å²) in [6, 6.07) is 8.16. The quantitative estimate of drug-likeness (QED) is 0.741. The second-order valence-electron chi connectivity index (χ2n) is 6.28. The number of hydrogen-bond donors (Lipinski definition) is 0. The average Bonchev–Trinajstić information content (AvgIpc) is 3.23. The van der Waals surface area contributed by atoms with Crippen molar-refractivity contribution in [1.29, 1.82) is 0 Å². The summed E-state index contributed by atoms with van der Waals surface area (Å²) in [6.07, 6.45) is 8.51. The van der Waals surface area contributed by atoms with Crippen molar-refractivity contribution >= 4 is 23.6 Å². The van der Waals surface area contributed by atoms with Crippen LogP contribution in [-0.2, 0) is 0 Å². The van der Waals surface area contributed by atoms with Crippen LogP contribution in [0, 0.1) is 13.8 Å². The summed E-state index contributed by atoms with van der Waals surface area (Å²) in [6.45, 7) is 6.28. The van der Waals surface area contributed by atoms with Gasteiger partial charge < -0.3 is 4.90 Å². The Morgan fingerprint density at radius 2 is 1.71 bits per heavy atom. The van der Waals surface area contributed by atoms with Gasteiger partial charge in [-0.25, -0.2) is 14.5 Å². The van der Waals surface area contributed by atoms with Crippen molar-refractivity contribution in [3.8, 4) is 0 Å². The lowest BCUT2D eigenvalue weighted by Crippen LogP contribution is -2.18. The first-order chi connectivity index (χ1) is 11.7. The second-order valence-corrected chi connectivity index (χ2v) is 6.28. The van der Waals surface area contributed by atoms with Crippen LogP contribution in [0.2, 0.25) is 0 Å². The maximum atomic E-state index is 4.75. The Bertz CT molecular complexity index is 903. The number of anilines is 1. The van der Waals surface area contributed by atoms with Crippen LogP contribution in [0.5, 0.6) is 0 Å². The molecule has 3 aromatic rings. The molecule has 1 fully saturated rings. The Hall–Kier alpha value is -2.69. The first-order valence-electron chi connectivity index (χ1n) is 8.43. The maximum Gasteiger partial charge on any atom is 0.158 e. The van der Waals surface area contributed by atoms with Gasteiger partial charge in [0, 0.05) is 24.8 Å². The fraction of sp³-hybridized carbons (Fsp3) is 0.316. The fourth-order valence-corrected chi connectivity index (χ4v) is 3.08. The fourth-order valence-electron chi connectivity index (χ4n) is 3.08. The predicted molar refractivity (Wildman–Crippen MR) is 97.1 cm³/mol. The second kappa shape index (κ2) is 6.07. The first-order valence-corrected chi connectivity index (χ1v) is 8.43. The summed E-state index contributed by atoms with van der Waals surface area (Å²) in [5, 5.41) is 4.44. The summed E-state index contributed by atoms with van der Waals surface area (Å²) < 4.78 is 1.83. The molecular weight excluding hydrogens is 298 g/mol. The van der Waals surface area contributed by atoms with E-state index in [1.807, 2.05) is 41.9 Å². The summed E-state index contributed by atoms with van der Waals surface area (Å²) in [4.78, 5) is 11.8. The van der Waals surface area contributed by atoms with Gasteiger partial charge in [-0.05, 0) is 57.0 Å². The topological polar surface area (TPSA) is 46.3 Å². The van der Waals surface area contributed by atoms with Gasteiger partial charge in [-0.2, -0.15) is 5.10 Å². The van der Waals surface area contributed by atoms with E-state index in [2.05, 4.69) is 34.0 Å². The molecule has 0 aromatic carbocycles. The SMILES string of the molecule is Cc1nn2ccc(C=Cc3cccc(N4CCCC4)n3)nc2c1C. The number of aromatic nitrogens is 4. The number of rotatable bonds is 3. The summed E-state index contributed by atoms with van der Waals surface area (Å²) >= 11 is 0. The molecule has 0 saturated carbocycles. The molecule has 0 radical (unpaired) electrons. The van der Waals surface area contributed by atoms with E-state index in [0.717, 1.165) is 47.2 Å². The molecule has 24 heavy (non-hydrogen) atoms. The van der Waals surface area contributed by atoms with Crippen LogP contribution in [-0.4, -0.2) is 32.7 Å². The molecule has 3 aromatic heterocycles. The van der Waals surface area contributed by atoms with Gasteiger partial charge in [0.25, 0.3) is 0 Å². The highest BCUT2D eigenvalue weighted by Gasteiger charge is 2.13. The summed E-state index contributed by atoms with van der Waals surface area (Å²) in [5.41, 5.74) is 4.93. The minimum atomic E-state index is 0.911. The number of aryl methyl sites for hydroxylation is 2. The number of nitrogens with zero attached hydrogens (tertiary/aromatic N) is 5. The highest BCUT2D eigenvalue weighted by atomic mass is 15.2. The molecule has 1 saturated heterocycles. The third-order valence-corrected chi connectivity index (χ3v) is 4.59. The van der Waals surface area contributed by atoms with E-state index in [9.17, 15) is 0 Å². The lowest BCUT2D eigenvalue weighted by atomic mass is 10.2. The highest BCUT2D eigenvalue weighted by molar-refractivity contribution is 5.68. The minimum absolute atomic E-state index is 0.911. The van der Waals surface area contributed by atoms with Gasteiger partial charge >= 0.3 is 0 Å². The first kappa shape index (κ1) is 14.9. The van der Waals surface area contributed by atoms with Crippen molar-refractivity contribution in [2.45, 2.75) is 26.7 Å². The molecule has 0 N–H and O–H groups in total. The molecule has 1 aliphatic heterocycles. The summed E-state index contributed by atoms with van der Waals surface area (Å²) in [7, 11) is 0. The van der Waals surface area contributed by atoms with E-state index < -0.39 is 0 Å². The van der Waals surface area contributed by atoms with Crippen molar-refractivity contribution in [1.82, 2.24) is 19.6 Å². The van der Waals surface area contributed by atoms with Crippen molar-refractivity contribution in [2.75, 3.05) is 18.0 Å². The molecular formula is C19H21N5. The molecule has 0 unspecified atom stereocenters. The molecule has 0 spiro atoms. The number of hydrogen-bond acceptors (Lipinski definition) is 4. The average molecular weight is 319 g/mol.